The van der Waals surface area contributed by atoms with E-state index in [1.54, 1.807) is 6.07 Å². The second-order valence-electron chi connectivity index (χ2n) is 1.98. The van der Waals surface area contributed by atoms with Crippen molar-refractivity contribution in [3.8, 4) is 0 Å². The Morgan fingerprint density at radius 3 is 2.09 bits per heavy atom. The summed E-state index contributed by atoms with van der Waals surface area (Å²) in [4.78, 5) is 0. The van der Waals surface area contributed by atoms with Crippen LogP contribution >= 0.6 is 55.1 Å². The van der Waals surface area contributed by atoms with E-state index in [1.807, 2.05) is 18.2 Å². The fourth-order valence-corrected chi connectivity index (χ4v) is 2.10. The lowest BCUT2D eigenvalue weighted by Crippen LogP contribution is -1.98. The topological polar surface area (TPSA) is 0 Å². The highest BCUT2D eigenvalue weighted by Gasteiger charge is 2.23. The average molecular weight is 319 g/mol. The number of hydrogen-bond acceptors (Lipinski definition) is 0. The van der Waals surface area contributed by atoms with Crippen LogP contribution in [0.4, 0.5) is 0 Å². The third-order valence-corrected chi connectivity index (χ3v) is 2.57. The molecule has 0 radical (unpaired) electrons. The van der Waals surface area contributed by atoms with Gasteiger partial charge in [0.15, 0.2) is 2.69 Å². The summed E-state index contributed by atoms with van der Waals surface area (Å²) < 4.78 is -0.752. The largest absolute Gasteiger partial charge is 0.179 e. The predicted molar refractivity (Wildman–Crippen MR) is 56.8 cm³/mol. The van der Waals surface area contributed by atoms with Gasteiger partial charge >= 0.3 is 0 Å². The Balaban J connectivity index is 3.14. The molecular formula is C7H4Br2Cl2. The van der Waals surface area contributed by atoms with Crippen molar-refractivity contribution in [3.05, 3.63) is 34.9 Å². The summed E-state index contributed by atoms with van der Waals surface area (Å²) in [6.07, 6.45) is 0. The van der Waals surface area contributed by atoms with Crippen LogP contribution in [-0.4, -0.2) is 0 Å². The minimum absolute atomic E-state index is 0.635. The molecule has 0 spiro atoms. The van der Waals surface area contributed by atoms with Gasteiger partial charge in [-0.3, -0.25) is 0 Å². The van der Waals surface area contributed by atoms with Gasteiger partial charge in [0, 0.05) is 10.6 Å². The van der Waals surface area contributed by atoms with E-state index >= 15 is 0 Å². The van der Waals surface area contributed by atoms with Crippen molar-refractivity contribution in [1.82, 2.24) is 0 Å². The Morgan fingerprint density at radius 1 is 1.18 bits per heavy atom. The van der Waals surface area contributed by atoms with Gasteiger partial charge < -0.3 is 0 Å². The normalized spacial score (nSPS) is 11.6. The van der Waals surface area contributed by atoms with Crippen LogP contribution in [0.15, 0.2) is 24.3 Å². The van der Waals surface area contributed by atoms with Gasteiger partial charge in [-0.1, -0.05) is 41.4 Å². The van der Waals surface area contributed by atoms with E-state index in [4.69, 9.17) is 23.2 Å². The summed E-state index contributed by atoms with van der Waals surface area (Å²) in [5, 5.41) is 0.635. The predicted octanol–water partition coefficient (Wildman–Crippen LogP) is 4.48. The maximum absolute atomic E-state index is 5.91. The lowest BCUT2D eigenvalue weighted by Gasteiger charge is -2.12. The molecule has 0 atom stereocenters. The second kappa shape index (κ2) is 3.65. The van der Waals surface area contributed by atoms with Gasteiger partial charge in [0.1, 0.15) is 0 Å². The Bertz CT molecular complexity index is 255. The van der Waals surface area contributed by atoms with Crippen LogP contribution in [0.5, 0.6) is 0 Å². The zero-order chi connectivity index (χ0) is 8.48. The molecule has 1 rings (SSSR count). The molecule has 0 aliphatic heterocycles. The van der Waals surface area contributed by atoms with Crippen molar-refractivity contribution < 1.29 is 0 Å². The van der Waals surface area contributed by atoms with E-state index in [2.05, 4.69) is 31.9 Å². The zero-order valence-corrected chi connectivity index (χ0v) is 10.0. The number of hydrogen-bond donors (Lipinski definition) is 0. The van der Waals surface area contributed by atoms with Gasteiger partial charge in [-0.15, -0.1) is 0 Å². The lowest BCUT2D eigenvalue weighted by atomic mass is 10.2. The third-order valence-electron chi connectivity index (χ3n) is 1.18. The Hall–Kier alpha value is 0.760. The molecule has 0 aliphatic carbocycles. The van der Waals surface area contributed by atoms with E-state index in [1.165, 1.54) is 0 Å². The first-order valence-electron chi connectivity index (χ1n) is 2.83. The highest BCUT2D eigenvalue weighted by molar-refractivity contribution is 9.25. The Kier molecular flexibility index (Phi) is 3.27. The SMILES string of the molecule is Clc1ccccc1C(Cl)(Br)Br. The second-order valence-corrected chi connectivity index (χ2v) is 7.31. The van der Waals surface area contributed by atoms with Gasteiger partial charge in [0.25, 0.3) is 0 Å². The zero-order valence-electron chi connectivity index (χ0n) is 5.32. The quantitative estimate of drug-likeness (QED) is 0.670. The third kappa shape index (κ3) is 2.62. The maximum Gasteiger partial charge on any atom is 0.179 e. The smallest absolute Gasteiger partial charge is 0.0885 e. The first-order chi connectivity index (χ1) is 5.02. The molecule has 0 bridgehead atoms. The van der Waals surface area contributed by atoms with Crippen molar-refractivity contribution in [2.24, 2.45) is 0 Å². The number of alkyl halides is 3. The fourth-order valence-electron chi connectivity index (χ4n) is 0.691. The number of halogens is 4. The fraction of sp³-hybridized carbons (Fsp3) is 0.143. The molecule has 0 N–H and O–H groups in total. The molecule has 0 heterocycles. The van der Waals surface area contributed by atoms with Crippen LogP contribution < -0.4 is 0 Å². The van der Waals surface area contributed by atoms with Gasteiger partial charge in [0.2, 0.25) is 0 Å². The standard InChI is InChI=1S/C7H4Br2Cl2/c8-7(9,11)5-3-1-2-4-6(5)10/h1-4H. The number of benzene rings is 1. The van der Waals surface area contributed by atoms with Crippen molar-refractivity contribution in [2.75, 3.05) is 0 Å². The molecule has 11 heavy (non-hydrogen) atoms. The van der Waals surface area contributed by atoms with E-state index in [0.717, 1.165) is 5.56 Å². The van der Waals surface area contributed by atoms with E-state index in [0.29, 0.717) is 5.02 Å². The van der Waals surface area contributed by atoms with Crippen LogP contribution in [-0.2, 0) is 2.69 Å². The minimum atomic E-state index is -0.752. The van der Waals surface area contributed by atoms with Gasteiger partial charge in [-0.05, 0) is 37.9 Å². The monoisotopic (exact) mass is 316 g/mol. The molecular weight excluding hydrogens is 315 g/mol. The minimum Gasteiger partial charge on any atom is -0.0885 e. The Morgan fingerprint density at radius 2 is 1.73 bits per heavy atom. The molecule has 1 aromatic carbocycles. The van der Waals surface area contributed by atoms with Gasteiger partial charge in [-0.25, -0.2) is 0 Å². The molecule has 0 saturated carbocycles. The summed E-state index contributed by atoms with van der Waals surface area (Å²) >= 11 is 18.2. The van der Waals surface area contributed by atoms with Crippen LogP contribution in [0.25, 0.3) is 0 Å². The van der Waals surface area contributed by atoms with Gasteiger partial charge in [0.05, 0.1) is 0 Å². The van der Waals surface area contributed by atoms with Crippen LogP contribution in [0, 0.1) is 0 Å². The number of rotatable bonds is 1. The molecule has 0 aliphatic rings. The highest BCUT2D eigenvalue weighted by atomic mass is 79.9. The van der Waals surface area contributed by atoms with Crippen LogP contribution in [0.1, 0.15) is 5.56 Å². The lowest BCUT2D eigenvalue weighted by molar-refractivity contribution is 1.33. The first kappa shape index (κ1) is 9.85. The van der Waals surface area contributed by atoms with Crippen molar-refractivity contribution >= 4 is 55.1 Å². The molecule has 0 saturated heterocycles. The first-order valence-corrected chi connectivity index (χ1v) is 5.18. The van der Waals surface area contributed by atoms with Crippen LogP contribution in [0.3, 0.4) is 0 Å². The molecule has 4 heteroatoms. The molecule has 0 amide bonds. The molecule has 1 aromatic rings. The van der Waals surface area contributed by atoms with Gasteiger partial charge in [-0.2, -0.15) is 0 Å². The highest BCUT2D eigenvalue weighted by Crippen LogP contribution is 2.44. The van der Waals surface area contributed by atoms with Crippen molar-refractivity contribution in [1.29, 1.82) is 0 Å². The maximum atomic E-state index is 5.91. The molecule has 0 aromatic heterocycles. The summed E-state index contributed by atoms with van der Waals surface area (Å²) in [6.45, 7) is 0. The molecule has 0 fully saturated rings. The van der Waals surface area contributed by atoms with Crippen LogP contribution in [0.2, 0.25) is 5.02 Å². The van der Waals surface area contributed by atoms with Crippen molar-refractivity contribution in [3.63, 3.8) is 0 Å². The average Bonchev–Trinajstić information content (AvgIpc) is 1.86. The summed E-state index contributed by atoms with van der Waals surface area (Å²) in [5.74, 6) is 0. The summed E-state index contributed by atoms with van der Waals surface area (Å²) in [5.41, 5.74) is 0.809. The Labute approximate surface area is 92.1 Å². The molecule has 0 unspecified atom stereocenters. The van der Waals surface area contributed by atoms with E-state index < -0.39 is 2.69 Å². The van der Waals surface area contributed by atoms with E-state index in [9.17, 15) is 0 Å². The molecule has 0 nitrogen and oxygen atoms in total. The summed E-state index contributed by atoms with van der Waals surface area (Å²) in [7, 11) is 0. The summed E-state index contributed by atoms with van der Waals surface area (Å²) in [6, 6.07) is 7.37. The van der Waals surface area contributed by atoms with Crippen molar-refractivity contribution in [2.45, 2.75) is 2.69 Å². The molecule has 60 valence electrons. The van der Waals surface area contributed by atoms with E-state index in [-0.39, 0.29) is 0 Å².